The van der Waals surface area contributed by atoms with E-state index in [4.69, 9.17) is 5.73 Å². The average molecular weight is 235 g/mol. The second kappa shape index (κ2) is 10.3. The molecule has 0 saturated carbocycles. The quantitative estimate of drug-likeness (QED) is 0.482. The molecule has 2 N–H and O–H groups in total. The van der Waals surface area contributed by atoms with Crippen molar-refractivity contribution in [1.29, 1.82) is 0 Å². The van der Waals surface area contributed by atoms with Crippen molar-refractivity contribution in [1.82, 2.24) is 0 Å². The summed E-state index contributed by atoms with van der Waals surface area (Å²) in [7, 11) is 0. The van der Waals surface area contributed by atoms with Gasteiger partial charge in [-0.3, -0.25) is 0 Å². The van der Waals surface area contributed by atoms with Crippen molar-refractivity contribution in [3.8, 4) is 0 Å². The molecule has 0 aromatic carbocycles. The van der Waals surface area contributed by atoms with Gasteiger partial charge in [-0.1, -0.05) is 49.3 Å². The van der Waals surface area contributed by atoms with E-state index in [-0.39, 0.29) is 0 Å². The van der Waals surface area contributed by atoms with Gasteiger partial charge in [0.05, 0.1) is 0 Å². The fraction of sp³-hybridized carbons (Fsp3) is 0.625. The molecule has 0 saturated heterocycles. The molecule has 0 aliphatic rings. The van der Waals surface area contributed by atoms with Crippen LogP contribution >= 0.6 is 0 Å². The van der Waals surface area contributed by atoms with Gasteiger partial charge < -0.3 is 5.73 Å². The van der Waals surface area contributed by atoms with Gasteiger partial charge in [0.25, 0.3) is 0 Å². The van der Waals surface area contributed by atoms with Gasteiger partial charge in [0.15, 0.2) is 0 Å². The molecule has 0 radical (unpaired) electrons. The maximum Gasteiger partial charge on any atom is 0.0112 e. The molecule has 0 heterocycles. The normalized spacial score (nSPS) is 15.6. The highest BCUT2D eigenvalue weighted by molar-refractivity contribution is 5.16. The van der Waals surface area contributed by atoms with Crippen molar-refractivity contribution >= 4 is 0 Å². The zero-order valence-corrected chi connectivity index (χ0v) is 12.0. The standard InChI is InChI=1S/C16H29N/c1-5-14(2)8-6-9-15(3)10-7-11-16(4)12-13-17/h7-8,11-12,15H,5-6,9-10,13,17H2,1-4H3/b11-7+,14-8+,16-12+. The summed E-state index contributed by atoms with van der Waals surface area (Å²) in [4.78, 5) is 0. The van der Waals surface area contributed by atoms with E-state index in [1.54, 1.807) is 0 Å². The zero-order chi connectivity index (χ0) is 13.1. The van der Waals surface area contributed by atoms with Gasteiger partial charge in [0.2, 0.25) is 0 Å². The minimum atomic E-state index is 0.632. The Morgan fingerprint density at radius 2 is 1.94 bits per heavy atom. The molecule has 1 atom stereocenters. The van der Waals surface area contributed by atoms with Gasteiger partial charge in [-0.15, -0.1) is 0 Å². The van der Waals surface area contributed by atoms with E-state index >= 15 is 0 Å². The lowest BCUT2D eigenvalue weighted by Gasteiger charge is -2.06. The lowest BCUT2D eigenvalue weighted by Crippen LogP contribution is -1.94. The summed E-state index contributed by atoms with van der Waals surface area (Å²) in [6.07, 6.45) is 13.7. The first kappa shape index (κ1) is 16.2. The molecular weight excluding hydrogens is 206 g/mol. The van der Waals surface area contributed by atoms with E-state index in [0.29, 0.717) is 6.54 Å². The molecule has 1 unspecified atom stereocenters. The lowest BCUT2D eigenvalue weighted by atomic mass is 10.00. The molecule has 17 heavy (non-hydrogen) atoms. The van der Waals surface area contributed by atoms with Gasteiger partial charge in [-0.25, -0.2) is 0 Å². The van der Waals surface area contributed by atoms with E-state index in [0.717, 1.165) is 12.3 Å². The average Bonchev–Trinajstić information content (AvgIpc) is 2.29. The van der Waals surface area contributed by atoms with Crippen molar-refractivity contribution < 1.29 is 0 Å². The highest BCUT2D eigenvalue weighted by Gasteiger charge is 1.98. The third-order valence-electron chi connectivity index (χ3n) is 3.07. The Morgan fingerprint density at radius 1 is 1.24 bits per heavy atom. The first-order valence-electron chi connectivity index (χ1n) is 6.79. The van der Waals surface area contributed by atoms with Crippen LogP contribution in [0.15, 0.2) is 35.5 Å². The van der Waals surface area contributed by atoms with Crippen LogP contribution in [0.4, 0.5) is 0 Å². The van der Waals surface area contributed by atoms with Gasteiger partial charge in [0, 0.05) is 6.54 Å². The predicted molar refractivity (Wildman–Crippen MR) is 79.0 cm³/mol. The molecule has 1 heteroatoms. The van der Waals surface area contributed by atoms with E-state index in [1.807, 2.05) is 0 Å². The summed E-state index contributed by atoms with van der Waals surface area (Å²) >= 11 is 0. The van der Waals surface area contributed by atoms with Crippen LogP contribution in [0.5, 0.6) is 0 Å². The summed E-state index contributed by atoms with van der Waals surface area (Å²) in [6.45, 7) is 9.48. The maximum absolute atomic E-state index is 5.45. The van der Waals surface area contributed by atoms with Gasteiger partial charge >= 0.3 is 0 Å². The number of rotatable bonds is 8. The predicted octanol–water partition coefficient (Wildman–Crippen LogP) is 4.61. The third kappa shape index (κ3) is 10.1. The number of hydrogen-bond acceptors (Lipinski definition) is 1. The van der Waals surface area contributed by atoms with Crippen LogP contribution in [0.25, 0.3) is 0 Å². The van der Waals surface area contributed by atoms with Gasteiger partial charge in [0.1, 0.15) is 0 Å². The Kier molecular flexibility index (Phi) is 9.84. The largest absolute Gasteiger partial charge is 0.327 e. The topological polar surface area (TPSA) is 26.0 Å². The minimum absolute atomic E-state index is 0.632. The lowest BCUT2D eigenvalue weighted by molar-refractivity contribution is 0.545. The van der Waals surface area contributed by atoms with E-state index in [1.165, 1.54) is 30.4 Å². The number of allylic oxidation sites excluding steroid dienone is 5. The molecule has 1 nitrogen and oxygen atoms in total. The molecule has 0 aliphatic heterocycles. The number of hydrogen-bond donors (Lipinski definition) is 1. The molecule has 0 aromatic heterocycles. The van der Waals surface area contributed by atoms with Gasteiger partial charge in [-0.2, -0.15) is 0 Å². The van der Waals surface area contributed by atoms with Crippen molar-refractivity contribution in [2.24, 2.45) is 11.7 Å². The molecule has 0 aromatic rings. The summed E-state index contributed by atoms with van der Waals surface area (Å²) < 4.78 is 0. The van der Waals surface area contributed by atoms with Crippen LogP contribution in [-0.4, -0.2) is 6.54 Å². The van der Waals surface area contributed by atoms with Crippen LogP contribution < -0.4 is 5.73 Å². The van der Waals surface area contributed by atoms with Crippen LogP contribution in [0.2, 0.25) is 0 Å². The highest BCUT2D eigenvalue weighted by atomic mass is 14.5. The molecule has 0 aliphatic carbocycles. The van der Waals surface area contributed by atoms with Crippen molar-refractivity contribution in [3.63, 3.8) is 0 Å². The van der Waals surface area contributed by atoms with E-state index in [9.17, 15) is 0 Å². The van der Waals surface area contributed by atoms with E-state index < -0.39 is 0 Å². The smallest absolute Gasteiger partial charge is 0.0112 e. The van der Waals surface area contributed by atoms with Crippen LogP contribution in [-0.2, 0) is 0 Å². The Balaban J connectivity index is 3.80. The Labute approximate surface area is 107 Å². The number of nitrogens with two attached hydrogens (primary N) is 1. The second-order valence-electron chi connectivity index (χ2n) is 4.91. The summed E-state index contributed by atoms with van der Waals surface area (Å²) in [5.41, 5.74) is 8.23. The molecule has 0 rings (SSSR count). The summed E-state index contributed by atoms with van der Waals surface area (Å²) in [5, 5.41) is 0. The fourth-order valence-electron chi connectivity index (χ4n) is 1.62. The van der Waals surface area contributed by atoms with Crippen LogP contribution in [0, 0.1) is 5.92 Å². The first-order chi connectivity index (χ1) is 8.10. The molecule has 0 fully saturated rings. The Morgan fingerprint density at radius 3 is 2.53 bits per heavy atom. The maximum atomic E-state index is 5.45. The molecule has 98 valence electrons. The Hall–Kier alpha value is -0.820. The van der Waals surface area contributed by atoms with Gasteiger partial charge in [-0.05, 0) is 45.4 Å². The molecule has 0 spiro atoms. The molecule has 0 bridgehead atoms. The first-order valence-corrected chi connectivity index (χ1v) is 6.79. The monoisotopic (exact) mass is 235 g/mol. The van der Waals surface area contributed by atoms with Crippen molar-refractivity contribution in [2.75, 3.05) is 6.54 Å². The SMILES string of the molecule is CC/C(C)=C/CCC(C)C/C=C/C(C)=C/CN. The minimum Gasteiger partial charge on any atom is -0.327 e. The summed E-state index contributed by atoms with van der Waals surface area (Å²) in [6, 6.07) is 0. The van der Waals surface area contributed by atoms with E-state index in [2.05, 4.69) is 52.0 Å². The zero-order valence-electron chi connectivity index (χ0n) is 12.0. The summed E-state index contributed by atoms with van der Waals surface area (Å²) in [5.74, 6) is 0.762. The fourth-order valence-corrected chi connectivity index (χ4v) is 1.62. The molecular formula is C16H29N. The van der Waals surface area contributed by atoms with Crippen LogP contribution in [0.3, 0.4) is 0 Å². The highest BCUT2D eigenvalue weighted by Crippen LogP contribution is 2.13. The van der Waals surface area contributed by atoms with Crippen LogP contribution in [0.1, 0.15) is 53.4 Å². The second-order valence-corrected chi connectivity index (χ2v) is 4.91. The molecule has 0 amide bonds. The Bertz CT molecular complexity index is 271. The van der Waals surface area contributed by atoms with Crippen molar-refractivity contribution in [2.45, 2.75) is 53.4 Å². The third-order valence-corrected chi connectivity index (χ3v) is 3.07. The van der Waals surface area contributed by atoms with Crippen molar-refractivity contribution in [3.05, 3.63) is 35.5 Å².